The molecule has 2 unspecified atom stereocenters. The van der Waals surface area contributed by atoms with E-state index >= 15 is 0 Å². The summed E-state index contributed by atoms with van der Waals surface area (Å²) < 4.78 is 0. The Balaban J connectivity index is 1.61. The molecular weight excluding hydrogens is 318 g/mol. The zero-order valence-corrected chi connectivity index (χ0v) is 13.8. The summed E-state index contributed by atoms with van der Waals surface area (Å²) in [5.41, 5.74) is 4.69. The van der Waals surface area contributed by atoms with Crippen LogP contribution in [0.1, 0.15) is 30.4 Å². The van der Waals surface area contributed by atoms with Gasteiger partial charge in [0.1, 0.15) is 0 Å². The zero-order chi connectivity index (χ0) is 17.6. The van der Waals surface area contributed by atoms with Gasteiger partial charge in [0.05, 0.1) is 5.92 Å². The Kier molecular flexibility index (Phi) is 5.40. The summed E-state index contributed by atoms with van der Waals surface area (Å²) >= 11 is 0. The number of anilines is 1. The average Bonchev–Trinajstić information content (AvgIpc) is 3.13. The van der Waals surface area contributed by atoms with Gasteiger partial charge >= 0.3 is 0 Å². The number of amides is 2. The number of rotatable bonds is 5. The van der Waals surface area contributed by atoms with Crippen LogP contribution >= 0.6 is 0 Å². The van der Waals surface area contributed by atoms with Crippen molar-refractivity contribution >= 4 is 17.5 Å². The van der Waals surface area contributed by atoms with Crippen LogP contribution in [0.2, 0.25) is 0 Å². The van der Waals surface area contributed by atoms with E-state index in [1.54, 1.807) is 17.9 Å². The molecule has 2 aromatic rings. The van der Waals surface area contributed by atoms with E-state index in [1.165, 1.54) is 5.56 Å². The number of pyridine rings is 1. The third kappa shape index (κ3) is 4.22. The second-order valence-corrected chi connectivity index (χ2v) is 6.34. The molecule has 130 valence electrons. The number of hydroxylamine groups is 1. The molecule has 0 bridgehead atoms. The molecular formula is C19H21N3O3. The van der Waals surface area contributed by atoms with Gasteiger partial charge in [0.25, 0.3) is 0 Å². The molecule has 1 aromatic carbocycles. The average molecular weight is 339 g/mol. The summed E-state index contributed by atoms with van der Waals surface area (Å²) in [7, 11) is 0. The highest BCUT2D eigenvalue weighted by atomic mass is 16.5. The summed E-state index contributed by atoms with van der Waals surface area (Å²) in [6.07, 6.45) is 6.42. The second kappa shape index (κ2) is 7.90. The van der Waals surface area contributed by atoms with Gasteiger partial charge in [-0.15, -0.1) is 0 Å². The molecule has 1 heterocycles. The molecule has 0 radical (unpaired) electrons. The number of carbonyl (C=O) groups is 2. The van der Waals surface area contributed by atoms with Crippen molar-refractivity contribution in [3.05, 3.63) is 59.9 Å². The minimum absolute atomic E-state index is 0.173. The molecule has 6 nitrogen and oxygen atoms in total. The quantitative estimate of drug-likeness (QED) is 0.577. The highest BCUT2D eigenvalue weighted by molar-refractivity contribution is 5.96. The molecule has 1 aliphatic rings. The lowest BCUT2D eigenvalue weighted by atomic mass is 9.94. The second-order valence-electron chi connectivity index (χ2n) is 6.34. The number of carbonyl (C=O) groups excluding carboxylic acids is 2. The molecule has 3 N–H and O–H groups in total. The first kappa shape index (κ1) is 17.1. The van der Waals surface area contributed by atoms with Crippen LogP contribution in [0.15, 0.2) is 48.8 Å². The van der Waals surface area contributed by atoms with E-state index in [1.807, 2.05) is 36.4 Å². The fourth-order valence-corrected chi connectivity index (χ4v) is 3.35. The van der Waals surface area contributed by atoms with Crippen LogP contribution in [0.3, 0.4) is 0 Å². The molecule has 1 fully saturated rings. The van der Waals surface area contributed by atoms with Crippen molar-refractivity contribution in [3.8, 4) is 0 Å². The summed E-state index contributed by atoms with van der Waals surface area (Å²) in [4.78, 5) is 28.1. The first-order chi connectivity index (χ1) is 12.2. The van der Waals surface area contributed by atoms with Crippen LogP contribution < -0.4 is 10.8 Å². The van der Waals surface area contributed by atoms with Crippen LogP contribution in [0.4, 0.5) is 5.69 Å². The Bertz CT molecular complexity index is 731. The van der Waals surface area contributed by atoms with E-state index < -0.39 is 17.7 Å². The van der Waals surface area contributed by atoms with Crippen LogP contribution in [-0.2, 0) is 16.0 Å². The third-order valence-electron chi connectivity index (χ3n) is 4.68. The first-order valence-electron chi connectivity index (χ1n) is 8.40. The lowest BCUT2D eigenvalue weighted by Gasteiger charge is -2.17. The monoisotopic (exact) mass is 339 g/mol. The molecule has 1 aliphatic carbocycles. The van der Waals surface area contributed by atoms with Gasteiger partial charge in [-0.05, 0) is 54.7 Å². The number of aromatic nitrogens is 1. The lowest BCUT2D eigenvalue weighted by molar-refractivity contribution is -0.137. The minimum Gasteiger partial charge on any atom is -0.326 e. The molecule has 2 amide bonds. The molecule has 0 spiro atoms. The maximum absolute atomic E-state index is 12.4. The zero-order valence-electron chi connectivity index (χ0n) is 13.8. The van der Waals surface area contributed by atoms with E-state index in [0.717, 1.165) is 18.4 Å². The summed E-state index contributed by atoms with van der Waals surface area (Å²) in [6, 6.07) is 11.6. The largest absolute Gasteiger partial charge is 0.326 e. The van der Waals surface area contributed by atoms with Crippen molar-refractivity contribution in [2.45, 2.75) is 25.7 Å². The Morgan fingerprint density at radius 1 is 0.960 bits per heavy atom. The Hall–Kier alpha value is -2.73. The van der Waals surface area contributed by atoms with Crippen LogP contribution in [0.5, 0.6) is 0 Å². The number of benzene rings is 1. The van der Waals surface area contributed by atoms with Gasteiger partial charge in [-0.25, -0.2) is 5.48 Å². The van der Waals surface area contributed by atoms with Crippen molar-refractivity contribution in [2.24, 2.45) is 11.8 Å². The fraction of sp³-hybridized carbons (Fsp3) is 0.316. The van der Waals surface area contributed by atoms with Gasteiger partial charge in [-0.2, -0.15) is 0 Å². The molecule has 3 rings (SSSR count). The summed E-state index contributed by atoms with van der Waals surface area (Å²) in [6.45, 7) is 0. The molecule has 1 aromatic heterocycles. The van der Waals surface area contributed by atoms with Crippen molar-refractivity contribution in [1.29, 1.82) is 0 Å². The van der Waals surface area contributed by atoms with Gasteiger partial charge in [0, 0.05) is 24.0 Å². The van der Waals surface area contributed by atoms with Gasteiger partial charge in [0.2, 0.25) is 11.8 Å². The predicted octanol–water partition coefficient (Wildman–Crippen LogP) is 2.53. The molecule has 0 saturated heterocycles. The van der Waals surface area contributed by atoms with E-state index in [-0.39, 0.29) is 5.91 Å². The van der Waals surface area contributed by atoms with Gasteiger partial charge in [-0.1, -0.05) is 18.6 Å². The molecule has 6 heteroatoms. The third-order valence-corrected chi connectivity index (χ3v) is 4.68. The highest BCUT2D eigenvalue weighted by Gasteiger charge is 2.37. The smallest absolute Gasteiger partial charge is 0.247 e. The van der Waals surface area contributed by atoms with Crippen molar-refractivity contribution < 1.29 is 14.8 Å². The number of nitrogens with zero attached hydrogens (tertiary/aromatic N) is 1. The van der Waals surface area contributed by atoms with Crippen LogP contribution in [0.25, 0.3) is 0 Å². The van der Waals surface area contributed by atoms with Gasteiger partial charge in [0.15, 0.2) is 0 Å². The lowest BCUT2D eigenvalue weighted by Crippen LogP contribution is -2.35. The first-order valence-corrected chi connectivity index (χ1v) is 8.40. The minimum atomic E-state index is -0.481. The van der Waals surface area contributed by atoms with Crippen molar-refractivity contribution in [1.82, 2.24) is 10.5 Å². The highest BCUT2D eigenvalue weighted by Crippen LogP contribution is 2.32. The molecule has 1 saturated carbocycles. The molecule has 25 heavy (non-hydrogen) atoms. The van der Waals surface area contributed by atoms with Crippen LogP contribution in [0, 0.1) is 11.8 Å². The van der Waals surface area contributed by atoms with Crippen molar-refractivity contribution in [2.75, 3.05) is 5.32 Å². The number of nitrogens with one attached hydrogen (secondary N) is 2. The topological polar surface area (TPSA) is 91.3 Å². The maximum atomic E-state index is 12.4. The summed E-state index contributed by atoms with van der Waals surface area (Å²) in [5.74, 6) is -1.52. The maximum Gasteiger partial charge on any atom is 0.247 e. The number of hydrogen-bond donors (Lipinski definition) is 3. The Morgan fingerprint density at radius 3 is 2.20 bits per heavy atom. The number of hydrogen-bond acceptors (Lipinski definition) is 4. The standard InChI is InChI=1S/C19H21N3O3/c23-18(16-2-1-3-17(16)19(24)22-25)21-15-6-4-13(5-7-15)12-14-8-10-20-11-9-14/h4-11,16-17,25H,1-3,12H2,(H,21,23)(H,22,24). The van der Waals surface area contributed by atoms with Crippen LogP contribution in [-0.4, -0.2) is 22.0 Å². The molecule has 0 aliphatic heterocycles. The Morgan fingerprint density at radius 2 is 1.56 bits per heavy atom. The van der Waals surface area contributed by atoms with Gasteiger partial charge < -0.3 is 5.32 Å². The van der Waals surface area contributed by atoms with E-state index in [4.69, 9.17) is 5.21 Å². The molecule has 2 atom stereocenters. The van der Waals surface area contributed by atoms with E-state index in [0.29, 0.717) is 18.5 Å². The van der Waals surface area contributed by atoms with E-state index in [2.05, 4.69) is 10.3 Å². The van der Waals surface area contributed by atoms with Gasteiger partial charge in [-0.3, -0.25) is 19.8 Å². The normalized spacial score (nSPS) is 19.4. The Labute approximate surface area is 146 Å². The fourth-order valence-electron chi connectivity index (χ4n) is 3.35. The SMILES string of the molecule is O=C(NO)C1CCCC1C(=O)Nc1ccc(Cc2ccncc2)cc1. The predicted molar refractivity (Wildman–Crippen MR) is 92.9 cm³/mol. The summed E-state index contributed by atoms with van der Waals surface area (Å²) in [5, 5.41) is 11.7. The van der Waals surface area contributed by atoms with Crippen molar-refractivity contribution in [3.63, 3.8) is 0 Å². The van der Waals surface area contributed by atoms with E-state index in [9.17, 15) is 9.59 Å².